The van der Waals surface area contributed by atoms with Gasteiger partial charge >= 0.3 is 0 Å². The van der Waals surface area contributed by atoms with Gasteiger partial charge in [-0.25, -0.2) is 5.01 Å². The van der Waals surface area contributed by atoms with Gasteiger partial charge in [-0.15, -0.1) is 0 Å². The molecule has 2 N–H and O–H groups in total. The van der Waals surface area contributed by atoms with E-state index >= 15 is 0 Å². The minimum Gasteiger partial charge on any atom is -0.507 e. The number of hydrogen-bond acceptors (Lipinski definition) is 4. The molecular weight excluding hydrogens is 374 g/mol. The summed E-state index contributed by atoms with van der Waals surface area (Å²) in [4.78, 5) is 13.2. The largest absolute Gasteiger partial charge is 0.507 e. The van der Waals surface area contributed by atoms with E-state index in [0.29, 0.717) is 21.9 Å². The monoisotopic (exact) mass is 391 g/mol. The van der Waals surface area contributed by atoms with Gasteiger partial charge in [-0.05, 0) is 48.9 Å². The molecule has 4 rings (SSSR count). The van der Waals surface area contributed by atoms with Crippen molar-refractivity contribution >= 4 is 28.9 Å². The Balaban J connectivity index is 1.81. The average Bonchev–Trinajstić information content (AvgIpc) is 2.71. The lowest BCUT2D eigenvalue weighted by Crippen LogP contribution is -2.40. The molecule has 1 atom stereocenters. The Hall–Kier alpha value is -3.31. The number of aromatic hydroxyl groups is 1. The van der Waals surface area contributed by atoms with Crippen molar-refractivity contribution in [2.24, 2.45) is 5.10 Å². The number of fused-ring (bicyclic) bond motifs is 1. The summed E-state index contributed by atoms with van der Waals surface area (Å²) in [6.07, 6.45) is -0.500. The van der Waals surface area contributed by atoms with E-state index < -0.39 is 6.17 Å². The van der Waals surface area contributed by atoms with Gasteiger partial charge in [-0.2, -0.15) is 5.10 Å². The molecular formula is C22H18ClN3O2. The maximum absolute atomic E-state index is 13.2. The molecule has 0 aliphatic carbocycles. The molecule has 3 aromatic rings. The summed E-state index contributed by atoms with van der Waals surface area (Å²) in [5, 5.41) is 20.1. The highest BCUT2D eigenvalue weighted by Crippen LogP contribution is 2.34. The summed E-state index contributed by atoms with van der Waals surface area (Å²) >= 11 is 6.02. The number of carbonyl (C=O) groups is 1. The van der Waals surface area contributed by atoms with Crippen LogP contribution in [0, 0.1) is 0 Å². The average molecular weight is 392 g/mol. The standard InChI is InChI=1S/C22H18ClN3O2/c1-14(17-6-3-5-9-20(17)27)25-26-21(15-10-12-16(23)13-11-15)24-19-8-4-2-7-18(19)22(26)28/h2-13,21,24,27H,1H3/b25-14+. The number of halogens is 1. The Morgan fingerprint density at radius 2 is 1.71 bits per heavy atom. The maximum Gasteiger partial charge on any atom is 0.278 e. The van der Waals surface area contributed by atoms with E-state index in [-0.39, 0.29) is 11.7 Å². The van der Waals surface area contributed by atoms with Gasteiger partial charge < -0.3 is 10.4 Å². The third-order valence-corrected chi connectivity index (χ3v) is 4.89. The van der Waals surface area contributed by atoms with E-state index in [4.69, 9.17) is 11.6 Å². The number of nitrogens with zero attached hydrogens (tertiary/aromatic N) is 2. The second-order valence-electron chi connectivity index (χ2n) is 6.50. The normalized spacial score (nSPS) is 16.5. The molecule has 1 heterocycles. The maximum atomic E-state index is 13.2. The van der Waals surface area contributed by atoms with Crippen LogP contribution in [-0.2, 0) is 0 Å². The summed E-state index contributed by atoms with van der Waals surface area (Å²) in [5.41, 5.74) is 3.25. The predicted octanol–water partition coefficient (Wildman–Crippen LogP) is 5.04. The summed E-state index contributed by atoms with van der Waals surface area (Å²) in [5.74, 6) is -0.103. The molecule has 0 radical (unpaired) electrons. The van der Waals surface area contributed by atoms with Gasteiger partial charge in [0, 0.05) is 16.3 Å². The van der Waals surface area contributed by atoms with Crippen LogP contribution in [0.3, 0.4) is 0 Å². The van der Waals surface area contributed by atoms with Crippen molar-refractivity contribution in [1.29, 1.82) is 0 Å². The van der Waals surface area contributed by atoms with Crippen molar-refractivity contribution < 1.29 is 9.90 Å². The van der Waals surface area contributed by atoms with Crippen molar-refractivity contribution in [3.63, 3.8) is 0 Å². The number of anilines is 1. The number of hydrogen-bond donors (Lipinski definition) is 2. The number of para-hydroxylation sites is 2. The van der Waals surface area contributed by atoms with Gasteiger partial charge in [0.25, 0.3) is 5.91 Å². The SMILES string of the molecule is C/C(=N\N1C(=O)c2ccccc2NC1c1ccc(Cl)cc1)c1ccccc1O. The molecule has 28 heavy (non-hydrogen) atoms. The molecule has 0 aromatic heterocycles. The van der Waals surface area contributed by atoms with E-state index in [9.17, 15) is 9.90 Å². The smallest absolute Gasteiger partial charge is 0.278 e. The van der Waals surface area contributed by atoms with Crippen LogP contribution in [-0.4, -0.2) is 21.7 Å². The number of benzene rings is 3. The molecule has 0 saturated heterocycles. The molecule has 1 unspecified atom stereocenters. The molecule has 1 aliphatic heterocycles. The fraction of sp³-hybridized carbons (Fsp3) is 0.0909. The Labute approximate surface area is 167 Å². The Bertz CT molecular complexity index is 1060. The fourth-order valence-corrected chi connectivity index (χ4v) is 3.34. The third-order valence-electron chi connectivity index (χ3n) is 4.64. The molecule has 1 amide bonds. The zero-order valence-electron chi connectivity index (χ0n) is 15.1. The van der Waals surface area contributed by atoms with Crippen LogP contribution in [0.4, 0.5) is 5.69 Å². The van der Waals surface area contributed by atoms with Gasteiger partial charge in [0.05, 0.1) is 11.3 Å². The highest BCUT2D eigenvalue weighted by atomic mass is 35.5. The molecule has 6 heteroatoms. The van der Waals surface area contributed by atoms with Crippen LogP contribution in [0.15, 0.2) is 77.9 Å². The first kappa shape index (κ1) is 18.1. The Morgan fingerprint density at radius 3 is 2.46 bits per heavy atom. The van der Waals surface area contributed by atoms with Crippen LogP contribution in [0.25, 0.3) is 0 Å². The van der Waals surface area contributed by atoms with E-state index in [1.165, 1.54) is 5.01 Å². The quantitative estimate of drug-likeness (QED) is 0.615. The van der Waals surface area contributed by atoms with Gasteiger partial charge in [-0.1, -0.05) is 48.0 Å². The summed E-state index contributed by atoms with van der Waals surface area (Å²) in [7, 11) is 0. The molecule has 3 aromatic carbocycles. The second-order valence-corrected chi connectivity index (χ2v) is 6.93. The summed E-state index contributed by atoms with van der Waals surface area (Å²) < 4.78 is 0. The second kappa shape index (κ2) is 7.37. The first-order valence-corrected chi connectivity index (χ1v) is 9.20. The van der Waals surface area contributed by atoms with E-state index in [1.807, 2.05) is 36.4 Å². The number of phenolic OH excluding ortho intramolecular Hbond substituents is 1. The zero-order valence-corrected chi connectivity index (χ0v) is 15.9. The lowest BCUT2D eigenvalue weighted by molar-refractivity contribution is 0.0689. The van der Waals surface area contributed by atoms with E-state index in [0.717, 1.165) is 11.3 Å². The van der Waals surface area contributed by atoms with Crippen LogP contribution in [0.5, 0.6) is 5.75 Å². The third kappa shape index (κ3) is 3.32. The Morgan fingerprint density at radius 1 is 1.04 bits per heavy atom. The molecule has 0 bridgehead atoms. The van der Waals surface area contributed by atoms with Gasteiger partial charge in [0.2, 0.25) is 0 Å². The summed E-state index contributed by atoms with van der Waals surface area (Å²) in [6.45, 7) is 1.77. The Kier molecular flexibility index (Phi) is 4.75. The van der Waals surface area contributed by atoms with Crippen LogP contribution in [0.1, 0.15) is 34.6 Å². The zero-order chi connectivity index (χ0) is 19.7. The minimum atomic E-state index is -0.500. The number of carbonyl (C=O) groups excluding carboxylic acids is 1. The molecule has 1 aliphatic rings. The highest BCUT2D eigenvalue weighted by molar-refractivity contribution is 6.30. The lowest BCUT2D eigenvalue weighted by Gasteiger charge is -2.35. The number of phenols is 1. The highest BCUT2D eigenvalue weighted by Gasteiger charge is 2.33. The molecule has 140 valence electrons. The first-order valence-electron chi connectivity index (χ1n) is 8.83. The predicted molar refractivity (Wildman–Crippen MR) is 111 cm³/mol. The molecule has 0 spiro atoms. The lowest BCUT2D eigenvalue weighted by atomic mass is 10.0. The van der Waals surface area contributed by atoms with Crippen LogP contribution >= 0.6 is 11.6 Å². The van der Waals surface area contributed by atoms with Crippen LogP contribution in [0.2, 0.25) is 5.02 Å². The van der Waals surface area contributed by atoms with Crippen molar-refractivity contribution in [3.05, 3.63) is 94.5 Å². The topological polar surface area (TPSA) is 64.9 Å². The summed E-state index contributed by atoms with van der Waals surface area (Å²) in [6, 6.07) is 21.5. The van der Waals surface area contributed by atoms with Gasteiger partial charge in [-0.3, -0.25) is 4.79 Å². The first-order chi connectivity index (χ1) is 13.5. The van der Waals surface area contributed by atoms with Gasteiger partial charge in [0.15, 0.2) is 6.17 Å². The van der Waals surface area contributed by atoms with Crippen molar-refractivity contribution in [3.8, 4) is 5.75 Å². The van der Waals surface area contributed by atoms with Crippen molar-refractivity contribution in [2.45, 2.75) is 13.1 Å². The number of hydrazone groups is 1. The number of rotatable bonds is 3. The fourth-order valence-electron chi connectivity index (χ4n) is 3.21. The molecule has 5 nitrogen and oxygen atoms in total. The van der Waals surface area contributed by atoms with E-state index in [1.54, 1.807) is 43.3 Å². The molecule has 0 fully saturated rings. The number of nitrogens with one attached hydrogen (secondary N) is 1. The van der Waals surface area contributed by atoms with E-state index in [2.05, 4.69) is 10.4 Å². The van der Waals surface area contributed by atoms with Gasteiger partial charge in [0.1, 0.15) is 5.75 Å². The molecule has 0 saturated carbocycles. The minimum absolute atomic E-state index is 0.115. The number of amides is 1. The van der Waals surface area contributed by atoms with Crippen LogP contribution < -0.4 is 5.32 Å². The van der Waals surface area contributed by atoms with Crippen molar-refractivity contribution in [2.75, 3.05) is 5.32 Å². The van der Waals surface area contributed by atoms with Crippen molar-refractivity contribution in [1.82, 2.24) is 5.01 Å².